The van der Waals surface area contributed by atoms with Crippen LogP contribution in [0.1, 0.15) is 99.3 Å². The molecule has 2 aliphatic heterocycles. The van der Waals surface area contributed by atoms with Crippen LogP contribution >= 0.6 is 0 Å². The largest absolute Gasteiger partial charge is 0.379 e. The zero-order valence-electron chi connectivity index (χ0n) is 30.8. The summed E-state index contributed by atoms with van der Waals surface area (Å²) in [7, 11) is -3.52. The highest BCUT2D eigenvalue weighted by atomic mass is 32.2. The molecule has 3 unspecified atom stereocenters. The number of hydrogen-bond donors (Lipinski definition) is 4. The topological polar surface area (TPSA) is 180 Å². The lowest BCUT2D eigenvalue weighted by Crippen LogP contribution is -2.67. The fraction of sp³-hybridized carbons (Fsp3) is 0.806. The molecule has 2 saturated heterocycles. The van der Waals surface area contributed by atoms with Crippen molar-refractivity contribution in [2.45, 2.75) is 128 Å². The lowest BCUT2D eigenvalue weighted by Gasteiger charge is -2.48. The highest BCUT2D eigenvalue weighted by molar-refractivity contribution is 7.92. The third kappa shape index (κ3) is 8.54. The Hall–Kier alpha value is -3.00. The summed E-state index contributed by atoms with van der Waals surface area (Å²) in [6.45, 7) is 15.8. The first kappa shape index (κ1) is 39.8. The van der Waals surface area contributed by atoms with E-state index in [-0.39, 0.29) is 49.2 Å². The average Bonchev–Trinajstić information content (AvgIpc) is 3.38. The third-order valence-electron chi connectivity index (χ3n) is 11.4. The number of ether oxygens (including phenoxy) is 1. The highest BCUT2D eigenvalue weighted by Gasteiger charge is 2.61. The van der Waals surface area contributed by atoms with Crippen molar-refractivity contribution in [3.8, 4) is 0 Å². The van der Waals surface area contributed by atoms with Gasteiger partial charge in [0.25, 0.3) is 5.91 Å². The van der Waals surface area contributed by atoms with Crippen molar-refractivity contribution in [1.29, 1.82) is 0 Å². The Morgan fingerprint density at radius 3 is 2.32 bits per heavy atom. The summed E-state index contributed by atoms with van der Waals surface area (Å²) in [5.41, 5.74) is -1.93. The van der Waals surface area contributed by atoms with Crippen LogP contribution in [0.5, 0.6) is 0 Å². The SMILES string of the molecule is C=CCNC(=O)C(=O)[C@H](CCCC)NC(=O)[C@@H]1C2CC(C)(C)C2CN1C(=O)[C@@H](NC(=O)NC1(C2COCCS2(=O)=O)CCCCC1)C(C)(C)C. The van der Waals surface area contributed by atoms with Crippen molar-refractivity contribution >= 4 is 39.4 Å². The minimum absolute atomic E-state index is 0.00500. The van der Waals surface area contributed by atoms with Gasteiger partial charge in [0, 0.05) is 13.1 Å². The first-order chi connectivity index (χ1) is 23.4. The summed E-state index contributed by atoms with van der Waals surface area (Å²) in [5.74, 6) is -2.70. The van der Waals surface area contributed by atoms with Gasteiger partial charge < -0.3 is 30.9 Å². The predicted molar refractivity (Wildman–Crippen MR) is 190 cm³/mol. The Morgan fingerprint density at radius 1 is 1.06 bits per heavy atom. The van der Waals surface area contributed by atoms with Gasteiger partial charge in [0.1, 0.15) is 17.3 Å². The normalized spacial score (nSPS) is 27.8. The number of sulfone groups is 1. The van der Waals surface area contributed by atoms with E-state index in [4.69, 9.17) is 4.74 Å². The van der Waals surface area contributed by atoms with Crippen molar-refractivity contribution in [2.24, 2.45) is 22.7 Å². The van der Waals surface area contributed by atoms with Gasteiger partial charge in [-0.25, -0.2) is 13.2 Å². The van der Waals surface area contributed by atoms with Crippen LogP contribution < -0.4 is 21.3 Å². The fourth-order valence-electron chi connectivity index (χ4n) is 8.53. The predicted octanol–water partition coefficient (Wildman–Crippen LogP) is 2.64. The molecule has 6 atom stereocenters. The summed E-state index contributed by atoms with van der Waals surface area (Å²) in [4.78, 5) is 69.9. The number of nitrogens with zero attached hydrogens (tertiary/aromatic N) is 1. The minimum atomic E-state index is -3.52. The van der Waals surface area contributed by atoms with E-state index in [9.17, 15) is 32.4 Å². The molecule has 14 heteroatoms. The van der Waals surface area contributed by atoms with E-state index in [0.717, 1.165) is 25.7 Å². The summed E-state index contributed by atoms with van der Waals surface area (Å²) in [5, 5.41) is 10.4. The number of carbonyl (C=O) groups is 5. The van der Waals surface area contributed by atoms with Gasteiger partial charge in [-0.15, -0.1) is 6.58 Å². The van der Waals surface area contributed by atoms with Gasteiger partial charge in [-0.3, -0.25) is 19.2 Å². The van der Waals surface area contributed by atoms with Crippen LogP contribution in [0.15, 0.2) is 12.7 Å². The van der Waals surface area contributed by atoms with E-state index in [1.54, 1.807) is 4.90 Å². The van der Waals surface area contributed by atoms with Crippen LogP contribution in [-0.4, -0.2) is 104 Å². The van der Waals surface area contributed by atoms with Crippen molar-refractivity contribution in [3.05, 3.63) is 12.7 Å². The number of ketones is 1. The maximum atomic E-state index is 14.6. The molecule has 4 N–H and O–H groups in total. The molecule has 4 aliphatic rings. The van der Waals surface area contributed by atoms with Crippen LogP contribution in [0.3, 0.4) is 0 Å². The molecule has 2 aliphatic carbocycles. The Bertz CT molecular complexity index is 1420. The van der Waals surface area contributed by atoms with Crippen LogP contribution in [0.4, 0.5) is 4.79 Å². The second-order valence-corrected chi connectivity index (χ2v) is 18.8. The molecular formula is C36H59N5O8S. The van der Waals surface area contributed by atoms with Crippen molar-refractivity contribution < 1.29 is 37.1 Å². The van der Waals surface area contributed by atoms with Gasteiger partial charge in [0.15, 0.2) is 9.84 Å². The molecule has 0 aromatic rings. The van der Waals surface area contributed by atoms with E-state index in [0.29, 0.717) is 32.2 Å². The monoisotopic (exact) mass is 721 g/mol. The summed E-state index contributed by atoms with van der Waals surface area (Å²) >= 11 is 0. The zero-order valence-corrected chi connectivity index (χ0v) is 31.6. The third-order valence-corrected chi connectivity index (χ3v) is 13.6. The maximum absolute atomic E-state index is 14.6. The van der Waals surface area contributed by atoms with E-state index >= 15 is 0 Å². The smallest absolute Gasteiger partial charge is 0.315 e. The van der Waals surface area contributed by atoms with E-state index < -0.39 is 73.7 Å². The van der Waals surface area contributed by atoms with Crippen molar-refractivity contribution in [3.63, 3.8) is 0 Å². The molecular weight excluding hydrogens is 662 g/mol. The molecule has 282 valence electrons. The lowest BCUT2D eigenvalue weighted by atomic mass is 9.55. The van der Waals surface area contributed by atoms with E-state index in [1.165, 1.54) is 6.08 Å². The molecule has 2 heterocycles. The Balaban J connectivity index is 1.58. The number of amides is 5. The molecule has 0 aromatic carbocycles. The molecule has 0 radical (unpaired) electrons. The van der Waals surface area contributed by atoms with Crippen molar-refractivity contribution in [2.75, 3.05) is 32.1 Å². The Labute approximate surface area is 297 Å². The number of urea groups is 1. The standard InChI is InChI=1S/C36H59N5O8S/c1-8-10-14-25(28(42)31(44)37-17-9-2)38-30(43)27-23-20-35(6,7)24(23)21-41(27)32(45)29(34(3,4)5)39-33(46)40-36(15-12-11-13-16-36)26-22-49-18-19-50(26,47)48/h9,23-27,29H,2,8,10-22H2,1,3-7H3,(H,37,44)(H,38,43)(H2,39,40,46)/t23?,24?,25-,26?,27-,29+/m0/s1. The Kier molecular flexibility index (Phi) is 12.5. The maximum Gasteiger partial charge on any atom is 0.315 e. The van der Waals surface area contributed by atoms with Gasteiger partial charge in [-0.1, -0.05) is 79.7 Å². The fourth-order valence-corrected chi connectivity index (χ4v) is 10.5. The number of carbonyl (C=O) groups excluding carboxylic acids is 5. The number of Topliss-reactive ketones (excluding diaryl/α,β-unsaturated/α-hetero) is 1. The van der Waals surface area contributed by atoms with E-state index in [1.807, 2.05) is 27.7 Å². The lowest BCUT2D eigenvalue weighted by molar-refractivity contribution is -0.145. The average molecular weight is 722 g/mol. The number of unbranched alkanes of at least 4 members (excludes halogenated alkanes) is 1. The first-order valence-electron chi connectivity index (χ1n) is 18.3. The molecule has 0 bridgehead atoms. The van der Waals surface area contributed by atoms with Crippen molar-refractivity contribution in [1.82, 2.24) is 26.2 Å². The van der Waals surface area contributed by atoms with Crippen LogP contribution in [0, 0.1) is 22.7 Å². The first-order valence-corrected chi connectivity index (χ1v) is 20.0. The number of rotatable bonds is 13. The molecule has 2 saturated carbocycles. The number of fused-ring (bicyclic) bond motifs is 1. The van der Waals surface area contributed by atoms with Gasteiger partial charge in [0.2, 0.25) is 17.6 Å². The van der Waals surface area contributed by atoms with E-state index in [2.05, 4.69) is 41.7 Å². The van der Waals surface area contributed by atoms with Gasteiger partial charge in [-0.2, -0.15) is 0 Å². The molecule has 13 nitrogen and oxygen atoms in total. The Morgan fingerprint density at radius 2 is 1.74 bits per heavy atom. The van der Waals surface area contributed by atoms with Gasteiger partial charge in [0.05, 0.1) is 30.5 Å². The van der Waals surface area contributed by atoms with Gasteiger partial charge >= 0.3 is 6.03 Å². The molecule has 0 aromatic heterocycles. The molecule has 4 fully saturated rings. The molecule has 5 amide bonds. The molecule has 4 rings (SSSR count). The molecule has 50 heavy (non-hydrogen) atoms. The second-order valence-electron chi connectivity index (χ2n) is 16.5. The van der Waals surface area contributed by atoms with Gasteiger partial charge in [-0.05, 0) is 48.3 Å². The summed E-state index contributed by atoms with van der Waals surface area (Å²) in [6.07, 6.45) is 7.22. The second kappa shape index (κ2) is 15.7. The highest BCUT2D eigenvalue weighted by Crippen LogP contribution is 2.57. The van der Waals surface area contributed by atoms with Crippen LogP contribution in [0.2, 0.25) is 0 Å². The quantitative estimate of drug-likeness (QED) is 0.166. The number of nitrogens with one attached hydrogen (secondary N) is 4. The minimum Gasteiger partial charge on any atom is -0.379 e. The zero-order chi connectivity index (χ0) is 37.1. The summed E-state index contributed by atoms with van der Waals surface area (Å²) in [6, 6.07) is -3.64. The summed E-state index contributed by atoms with van der Waals surface area (Å²) < 4.78 is 32.0. The van der Waals surface area contributed by atoms with Crippen LogP contribution in [-0.2, 0) is 33.8 Å². The molecule has 0 spiro atoms. The van der Waals surface area contributed by atoms with Crippen LogP contribution in [0.25, 0.3) is 0 Å². The number of hydrogen-bond acceptors (Lipinski definition) is 8. The number of likely N-dealkylation sites (tertiary alicyclic amines) is 1.